The van der Waals surface area contributed by atoms with E-state index in [-0.39, 0.29) is 5.56 Å². The van der Waals surface area contributed by atoms with Gasteiger partial charge >= 0.3 is 5.97 Å². The lowest BCUT2D eigenvalue weighted by atomic mass is 9.94. The topological polar surface area (TPSA) is 61.1 Å². The van der Waals surface area contributed by atoms with Crippen LogP contribution >= 0.6 is 0 Å². The highest BCUT2D eigenvalue weighted by atomic mass is 19.1. The smallest absolute Gasteiger partial charge is 0.314 e. The molecule has 1 fully saturated rings. The number of hydrogen-bond donors (Lipinski definition) is 1. The Hall–Kier alpha value is -1.89. The van der Waals surface area contributed by atoms with Crippen LogP contribution in [0.3, 0.4) is 0 Å². The van der Waals surface area contributed by atoms with E-state index in [2.05, 4.69) is 0 Å². The molecule has 0 saturated heterocycles. The third-order valence-corrected chi connectivity index (χ3v) is 2.74. The normalized spacial score (nSPS) is 16.8. The number of hydrogen-bond acceptors (Lipinski definition) is 2. The number of nitriles is 1. The third kappa shape index (κ3) is 1.46. The first-order chi connectivity index (χ1) is 7.08. The number of nitrogens with zero attached hydrogens (tertiary/aromatic N) is 1. The Balaban J connectivity index is 2.50. The Morgan fingerprint density at radius 2 is 2.13 bits per heavy atom. The number of halogens is 1. The third-order valence-electron chi connectivity index (χ3n) is 2.74. The first-order valence-electron chi connectivity index (χ1n) is 4.53. The number of aliphatic carboxylic acids is 1. The highest BCUT2D eigenvalue weighted by molar-refractivity contribution is 5.85. The maximum absolute atomic E-state index is 13.1. The van der Waals surface area contributed by atoms with Crippen molar-refractivity contribution in [1.82, 2.24) is 0 Å². The lowest BCUT2D eigenvalue weighted by molar-refractivity contribution is -0.140. The van der Waals surface area contributed by atoms with E-state index in [1.54, 1.807) is 0 Å². The van der Waals surface area contributed by atoms with Crippen LogP contribution in [0.25, 0.3) is 0 Å². The van der Waals surface area contributed by atoms with Gasteiger partial charge in [-0.3, -0.25) is 4.79 Å². The summed E-state index contributed by atoms with van der Waals surface area (Å²) in [6, 6.07) is 5.56. The van der Waals surface area contributed by atoms with Gasteiger partial charge < -0.3 is 5.11 Å². The van der Waals surface area contributed by atoms with Gasteiger partial charge in [0.15, 0.2) is 0 Å². The van der Waals surface area contributed by atoms with Gasteiger partial charge in [-0.05, 0) is 36.6 Å². The first kappa shape index (κ1) is 9.66. The lowest BCUT2D eigenvalue weighted by Crippen LogP contribution is -2.19. The van der Waals surface area contributed by atoms with Crippen molar-refractivity contribution in [2.45, 2.75) is 18.3 Å². The second kappa shape index (κ2) is 3.06. The molecule has 1 aromatic rings. The van der Waals surface area contributed by atoms with Crippen molar-refractivity contribution in [3.63, 3.8) is 0 Å². The number of carboxylic acids is 1. The van der Waals surface area contributed by atoms with Crippen LogP contribution in [0.1, 0.15) is 24.0 Å². The van der Waals surface area contributed by atoms with Crippen molar-refractivity contribution >= 4 is 5.97 Å². The summed E-state index contributed by atoms with van der Waals surface area (Å²) < 4.78 is 13.1. The molecule has 1 aromatic carbocycles. The zero-order valence-corrected chi connectivity index (χ0v) is 7.83. The van der Waals surface area contributed by atoms with Crippen LogP contribution in [0.2, 0.25) is 0 Å². The fraction of sp³-hybridized carbons (Fsp3) is 0.273. The monoisotopic (exact) mass is 205 g/mol. The molecule has 0 aliphatic heterocycles. The summed E-state index contributed by atoms with van der Waals surface area (Å²) in [5.74, 6) is -1.51. The molecule has 1 N–H and O–H groups in total. The Bertz CT molecular complexity index is 472. The minimum absolute atomic E-state index is 0.164. The molecule has 0 aromatic heterocycles. The van der Waals surface area contributed by atoms with E-state index in [0.29, 0.717) is 18.4 Å². The van der Waals surface area contributed by atoms with E-state index in [9.17, 15) is 9.18 Å². The molecule has 1 saturated carbocycles. The van der Waals surface area contributed by atoms with Gasteiger partial charge in [0.25, 0.3) is 0 Å². The quantitative estimate of drug-likeness (QED) is 0.800. The van der Waals surface area contributed by atoms with Crippen molar-refractivity contribution in [2.75, 3.05) is 0 Å². The van der Waals surface area contributed by atoms with E-state index in [1.165, 1.54) is 12.1 Å². The maximum atomic E-state index is 13.1. The van der Waals surface area contributed by atoms with Crippen LogP contribution in [0, 0.1) is 17.1 Å². The number of rotatable bonds is 2. The van der Waals surface area contributed by atoms with E-state index in [0.717, 1.165) is 6.07 Å². The van der Waals surface area contributed by atoms with E-state index in [4.69, 9.17) is 10.4 Å². The molecule has 4 heteroatoms. The van der Waals surface area contributed by atoms with Crippen LogP contribution in [0.4, 0.5) is 4.39 Å². The summed E-state index contributed by atoms with van der Waals surface area (Å²) in [7, 11) is 0. The van der Waals surface area contributed by atoms with E-state index >= 15 is 0 Å². The van der Waals surface area contributed by atoms with Crippen molar-refractivity contribution in [3.05, 3.63) is 35.1 Å². The molecule has 0 radical (unpaired) electrons. The Morgan fingerprint density at radius 3 is 2.60 bits per heavy atom. The maximum Gasteiger partial charge on any atom is 0.314 e. The van der Waals surface area contributed by atoms with Gasteiger partial charge in [0.2, 0.25) is 0 Å². The zero-order chi connectivity index (χ0) is 11.1. The van der Waals surface area contributed by atoms with Crippen molar-refractivity contribution in [1.29, 1.82) is 5.26 Å². The minimum Gasteiger partial charge on any atom is -0.481 e. The van der Waals surface area contributed by atoms with Gasteiger partial charge in [0, 0.05) is 0 Å². The minimum atomic E-state index is -0.951. The van der Waals surface area contributed by atoms with E-state index in [1.807, 2.05) is 6.07 Å². The standard InChI is InChI=1S/C11H8FNO2/c12-9-4-7(6-13)3-8(5-9)11(1-2-11)10(14)15/h3-5H,1-2H2,(H,14,15). The Kier molecular flexibility index (Phi) is 1.97. The summed E-state index contributed by atoms with van der Waals surface area (Å²) in [5.41, 5.74) is -0.391. The molecule has 0 unspecified atom stereocenters. The molecule has 2 rings (SSSR count). The zero-order valence-electron chi connectivity index (χ0n) is 7.83. The van der Waals surface area contributed by atoms with Crippen molar-refractivity contribution in [3.8, 4) is 6.07 Å². The highest BCUT2D eigenvalue weighted by Gasteiger charge is 2.52. The molecule has 0 heterocycles. The molecule has 3 nitrogen and oxygen atoms in total. The first-order valence-corrected chi connectivity index (χ1v) is 4.53. The van der Waals surface area contributed by atoms with Gasteiger partial charge in [-0.15, -0.1) is 0 Å². The van der Waals surface area contributed by atoms with Crippen LogP contribution in [-0.2, 0) is 10.2 Å². The largest absolute Gasteiger partial charge is 0.481 e. The molecular formula is C11H8FNO2. The number of carboxylic acid groups (broad SMARTS) is 1. The average Bonchev–Trinajstić information content (AvgIpc) is 2.97. The lowest BCUT2D eigenvalue weighted by Gasteiger charge is -2.10. The van der Waals surface area contributed by atoms with Crippen LogP contribution in [0.5, 0.6) is 0 Å². The second-order valence-corrected chi connectivity index (χ2v) is 3.73. The fourth-order valence-corrected chi connectivity index (χ4v) is 1.68. The molecule has 0 spiro atoms. The summed E-state index contributed by atoms with van der Waals surface area (Å²) in [6.45, 7) is 0. The summed E-state index contributed by atoms with van der Waals surface area (Å²) >= 11 is 0. The van der Waals surface area contributed by atoms with Crippen LogP contribution in [0.15, 0.2) is 18.2 Å². The van der Waals surface area contributed by atoms with Crippen molar-refractivity contribution in [2.24, 2.45) is 0 Å². The molecular weight excluding hydrogens is 197 g/mol. The van der Waals surface area contributed by atoms with Gasteiger partial charge in [-0.2, -0.15) is 5.26 Å². The molecule has 1 aliphatic rings. The molecule has 0 atom stereocenters. The van der Waals surface area contributed by atoms with Crippen molar-refractivity contribution < 1.29 is 14.3 Å². The second-order valence-electron chi connectivity index (χ2n) is 3.73. The predicted molar refractivity (Wildman–Crippen MR) is 49.7 cm³/mol. The van der Waals surface area contributed by atoms with Crippen LogP contribution < -0.4 is 0 Å². The highest BCUT2D eigenvalue weighted by Crippen LogP contribution is 2.48. The van der Waals surface area contributed by atoms with Gasteiger partial charge in [0.1, 0.15) is 5.82 Å². The Labute approximate surface area is 85.8 Å². The Morgan fingerprint density at radius 1 is 1.47 bits per heavy atom. The predicted octanol–water partition coefficient (Wildman–Crippen LogP) is 1.81. The number of benzene rings is 1. The van der Waals surface area contributed by atoms with Gasteiger partial charge in [-0.25, -0.2) is 4.39 Å². The molecule has 15 heavy (non-hydrogen) atoms. The fourth-order valence-electron chi connectivity index (χ4n) is 1.68. The summed E-state index contributed by atoms with van der Waals surface area (Å²) in [5, 5.41) is 17.7. The molecule has 1 aliphatic carbocycles. The summed E-state index contributed by atoms with van der Waals surface area (Å²) in [6.07, 6.45) is 1.02. The summed E-state index contributed by atoms with van der Waals surface area (Å²) in [4.78, 5) is 11.0. The van der Waals surface area contributed by atoms with Gasteiger partial charge in [-0.1, -0.05) is 0 Å². The number of carbonyl (C=O) groups is 1. The van der Waals surface area contributed by atoms with E-state index < -0.39 is 17.2 Å². The van der Waals surface area contributed by atoms with Crippen LogP contribution in [-0.4, -0.2) is 11.1 Å². The molecule has 0 bridgehead atoms. The molecule has 76 valence electrons. The molecule has 0 amide bonds. The SMILES string of the molecule is N#Cc1cc(F)cc(C2(C(=O)O)CC2)c1. The van der Waals surface area contributed by atoms with Gasteiger partial charge in [0.05, 0.1) is 17.0 Å². The average molecular weight is 205 g/mol.